The Morgan fingerprint density at radius 1 is 1.38 bits per heavy atom. The Morgan fingerprint density at radius 3 is 2.62 bits per heavy atom. The monoisotopic (exact) mass is 261 g/mol. The van der Waals surface area contributed by atoms with Crippen LogP contribution >= 0.6 is 23.2 Å². The number of likely N-dealkylation sites (N-methyl/N-ethyl adjacent to an activating group) is 1. The van der Waals surface area contributed by atoms with Crippen molar-refractivity contribution in [2.24, 2.45) is 0 Å². The highest BCUT2D eigenvalue weighted by atomic mass is 35.5. The minimum Gasteiger partial charge on any atom is -0.468 e. The Morgan fingerprint density at radius 2 is 2.06 bits per heavy atom. The number of ether oxygens (including phenoxy) is 1. The molecular formula is C11H13Cl2NO2. The van der Waals surface area contributed by atoms with Gasteiger partial charge in [0.1, 0.15) is 0 Å². The highest BCUT2D eigenvalue weighted by Crippen LogP contribution is 2.22. The van der Waals surface area contributed by atoms with Crippen molar-refractivity contribution in [2.45, 2.75) is 6.54 Å². The van der Waals surface area contributed by atoms with E-state index < -0.39 is 0 Å². The minimum atomic E-state index is -0.262. The first kappa shape index (κ1) is 13.3. The molecule has 0 amide bonds. The van der Waals surface area contributed by atoms with Crippen molar-refractivity contribution in [3.05, 3.63) is 33.8 Å². The van der Waals surface area contributed by atoms with Gasteiger partial charge in [0.15, 0.2) is 0 Å². The minimum absolute atomic E-state index is 0.247. The quantitative estimate of drug-likeness (QED) is 0.781. The molecule has 0 aliphatic heterocycles. The van der Waals surface area contributed by atoms with Gasteiger partial charge in [0, 0.05) is 6.54 Å². The maximum Gasteiger partial charge on any atom is 0.319 e. The highest BCUT2D eigenvalue weighted by molar-refractivity contribution is 6.42. The number of benzene rings is 1. The summed E-state index contributed by atoms with van der Waals surface area (Å²) in [6.07, 6.45) is 0. The predicted molar refractivity (Wildman–Crippen MR) is 64.8 cm³/mol. The summed E-state index contributed by atoms with van der Waals surface area (Å²) in [5.74, 6) is -0.262. The van der Waals surface area contributed by atoms with Crippen molar-refractivity contribution in [1.82, 2.24) is 4.90 Å². The fraction of sp³-hybridized carbons (Fsp3) is 0.364. The standard InChI is InChI=1S/C11H13Cl2NO2/c1-14(7-11(15)16-2)6-8-3-4-9(12)10(13)5-8/h3-5H,6-7H2,1-2H3. The molecule has 1 aromatic carbocycles. The van der Waals surface area contributed by atoms with Crippen LogP contribution in [0.4, 0.5) is 0 Å². The van der Waals surface area contributed by atoms with Gasteiger partial charge in [-0.25, -0.2) is 0 Å². The number of halogens is 2. The third kappa shape index (κ3) is 4.00. The number of rotatable bonds is 4. The molecule has 0 bridgehead atoms. The lowest BCUT2D eigenvalue weighted by molar-refractivity contribution is -0.141. The Kier molecular flexibility index (Phi) is 5.06. The lowest BCUT2D eigenvalue weighted by atomic mass is 10.2. The van der Waals surface area contributed by atoms with E-state index in [-0.39, 0.29) is 12.5 Å². The number of hydrogen-bond donors (Lipinski definition) is 0. The molecule has 0 N–H and O–H groups in total. The van der Waals surface area contributed by atoms with Crippen LogP contribution in [0.15, 0.2) is 18.2 Å². The van der Waals surface area contributed by atoms with E-state index in [1.165, 1.54) is 7.11 Å². The molecule has 0 radical (unpaired) electrons. The van der Waals surface area contributed by atoms with Gasteiger partial charge >= 0.3 is 5.97 Å². The summed E-state index contributed by atoms with van der Waals surface area (Å²) in [7, 11) is 3.20. The molecule has 1 rings (SSSR count). The summed E-state index contributed by atoms with van der Waals surface area (Å²) in [5.41, 5.74) is 1.00. The van der Waals surface area contributed by atoms with Crippen LogP contribution in [0.5, 0.6) is 0 Å². The summed E-state index contributed by atoms with van der Waals surface area (Å²) in [4.78, 5) is 12.9. The van der Waals surface area contributed by atoms with Gasteiger partial charge in [0.05, 0.1) is 23.7 Å². The van der Waals surface area contributed by atoms with Crippen molar-refractivity contribution in [3.63, 3.8) is 0 Å². The lowest BCUT2D eigenvalue weighted by Gasteiger charge is -2.15. The molecular weight excluding hydrogens is 249 g/mol. The van der Waals surface area contributed by atoms with E-state index in [0.717, 1.165) is 5.56 Å². The average molecular weight is 262 g/mol. The maximum absolute atomic E-state index is 11.0. The van der Waals surface area contributed by atoms with Crippen LogP contribution in [0.3, 0.4) is 0 Å². The predicted octanol–water partition coefficient (Wildman–Crippen LogP) is 2.60. The van der Waals surface area contributed by atoms with Crippen molar-refractivity contribution < 1.29 is 9.53 Å². The first-order chi connectivity index (χ1) is 7.52. The molecule has 0 aliphatic carbocycles. The average Bonchev–Trinajstić information content (AvgIpc) is 2.23. The van der Waals surface area contributed by atoms with Gasteiger partial charge in [0.2, 0.25) is 0 Å². The van der Waals surface area contributed by atoms with Gasteiger partial charge in [-0.15, -0.1) is 0 Å². The second kappa shape index (κ2) is 6.09. The van der Waals surface area contributed by atoms with E-state index in [4.69, 9.17) is 23.2 Å². The maximum atomic E-state index is 11.0. The second-order valence-electron chi connectivity index (χ2n) is 3.50. The summed E-state index contributed by atoms with van der Waals surface area (Å²) >= 11 is 11.7. The molecule has 0 heterocycles. The first-order valence-corrected chi connectivity index (χ1v) is 5.48. The zero-order valence-corrected chi connectivity index (χ0v) is 10.7. The molecule has 88 valence electrons. The Balaban J connectivity index is 2.59. The normalized spacial score (nSPS) is 10.6. The highest BCUT2D eigenvalue weighted by Gasteiger charge is 2.07. The van der Waals surface area contributed by atoms with Crippen LogP contribution in [-0.4, -0.2) is 31.6 Å². The number of carbonyl (C=O) groups is 1. The van der Waals surface area contributed by atoms with E-state index >= 15 is 0 Å². The molecule has 0 spiro atoms. The van der Waals surface area contributed by atoms with Gasteiger partial charge in [0.25, 0.3) is 0 Å². The van der Waals surface area contributed by atoms with E-state index in [1.807, 2.05) is 18.0 Å². The van der Waals surface area contributed by atoms with Crippen LogP contribution in [0.2, 0.25) is 10.0 Å². The van der Waals surface area contributed by atoms with Crippen LogP contribution in [0, 0.1) is 0 Å². The van der Waals surface area contributed by atoms with Gasteiger partial charge in [-0.2, -0.15) is 0 Å². The second-order valence-corrected chi connectivity index (χ2v) is 4.31. The van der Waals surface area contributed by atoms with Crippen molar-refractivity contribution in [3.8, 4) is 0 Å². The zero-order chi connectivity index (χ0) is 12.1. The SMILES string of the molecule is COC(=O)CN(C)Cc1ccc(Cl)c(Cl)c1. The molecule has 0 unspecified atom stereocenters. The summed E-state index contributed by atoms with van der Waals surface area (Å²) in [6, 6.07) is 5.41. The topological polar surface area (TPSA) is 29.5 Å². The number of esters is 1. The number of hydrogen-bond acceptors (Lipinski definition) is 3. The molecule has 3 nitrogen and oxygen atoms in total. The zero-order valence-electron chi connectivity index (χ0n) is 9.17. The molecule has 0 fully saturated rings. The van der Waals surface area contributed by atoms with Crippen LogP contribution in [0.1, 0.15) is 5.56 Å². The third-order valence-electron chi connectivity index (χ3n) is 2.06. The van der Waals surface area contributed by atoms with Crippen LogP contribution in [0.25, 0.3) is 0 Å². The Labute approximate surface area is 105 Å². The van der Waals surface area contributed by atoms with Crippen molar-refractivity contribution in [2.75, 3.05) is 20.7 Å². The van der Waals surface area contributed by atoms with Gasteiger partial charge in [-0.05, 0) is 24.7 Å². The lowest BCUT2D eigenvalue weighted by Crippen LogP contribution is -2.26. The first-order valence-electron chi connectivity index (χ1n) is 4.72. The number of methoxy groups -OCH3 is 1. The van der Waals surface area contributed by atoms with E-state index in [9.17, 15) is 4.79 Å². The van der Waals surface area contributed by atoms with Gasteiger partial charge in [-0.3, -0.25) is 9.69 Å². The summed E-state index contributed by atoms with van der Waals surface area (Å²) in [5, 5.41) is 1.05. The van der Waals surface area contributed by atoms with Crippen LogP contribution < -0.4 is 0 Å². The molecule has 0 saturated heterocycles. The summed E-state index contributed by atoms with van der Waals surface area (Å²) < 4.78 is 4.57. The van der Waals surface area contributed by atoms with E-state index in [0.29, 0.717) is 16.6 Å². The molecule has 0 saturated carbocycles. The summed E-state index contributed by atoms with van der Waals surface area (Å²) in [6.45, 7) is 0.864. The van der Waals surface area contributed by atoms with Gasteiger partial charge in [-0.1, -0.05) is 29.3 Å². The van der Waals surface area contributed by atoms with Gasteiger partial charge < -0.3 is 4.74 Å². The van der Waals surface area contributed by atoms with Crippen LogP contribution in [-0.2, 0) is 16.1 Å². The molecule has 5 heteroatoms. The molecule has 16 heavy (non-hydrogen) atoms. The van der Waals surface area contributed by atoms with E-state index in [1.54, 1.807) is 12.1 Å². The largest absolute Gasteiger partial charge is 0.468 e. The Bertz CT molecular complexity index is 382. The Hall–Kier alpha value is -0.770. The third-order valence-corrected chi connectivity index (χ3v) is 2.80. The fourth-order valence-corrected chi connectivity index (χ4v) is 1.61. The number of carbonyl (C=O) groups excluding carboxylic acids is 1. The van der Waals surface area contributed by atoms with Crippen molar-refractivity contribution >= 4 is 29.2 Å². The fourth-order valence-electron chi connectivity index (χ4n) is 1.29. The molecule has 0 aromatic heterocycles. The molecule has 1 aromatic rings. The smallest absolute Gasteiger partial charge is 0.319 e. The van der Waals surface area contributed by atoms with Crippen molar-refractivity contribution in [1.29, 1.82) is 0 Å². The number of nitrogens with zero attached hydrogens (tertiary/aromatic N) is 1. The molecule has 0 atom stereocenters. The molecule has 0 aliphatic rings. The van der Waals surface area contributed by atoms with E-state index in [2.05, 4.69) is 4.74 Å².